The number of aromatic nitrogens is 3. The number of nitrogens with zero attached hydrogens (tertiary/aromatic N) is 3. The summed E-state index contributed by atoms with van der Waals surface area (Å²) >= 11 is 0. The summed E-state index contributed by atoms with van der Waals surface area (Å²) < 4.78 is 52.4. The lowest BCUT2D eigenvalue weighted by atomic mass is 10.3. The number of rotatable bonds is 5. The van der Waals surface area contributed by atoms with Gasteiger partial charge in [0.25, 0.3) is 0 Å². The molecule has 1 aromatic heterocycles. The predicted molar refractivity (Wildman–Crippen MR) is 82.2 cm³/mol. The van der Waals surface area contributed by atoms with Gasteiger partial charge in [-0.1, -0.05) is 5.21 Å². The van der Waals surface area contributed by atoms with Crippen LogP contribution in [0.4, 0.5) is 0 Å². The number of hydrogen-bond acceptors (Lipinski definition) is 7. The molecule has 0 bridgehead atoms. The second kappa shape index (κ2) is 5.20. The van der Waals surface area contributed by atoms with Gasteiger partial charge in [-0.25, -0.2) is 21.5 Å². The molecule has 0 saturated heterocycles. The third-order valence-corrected chi connectivity index (χ3v) is 8.94. The largest absolute Gasteiger partial charge is 0.497 e. The first kappa shape index (κ1) is 16.7. The van der Waals surface area contributed by atoms with E-state index in [1.165, 1.54) is 18.7 Å². The maximum absolute atomic E-state index is 12.0. The van der Waals surface area contributed by atoms with Crippen molar-refractivity contribution in [1.29, 1.82) is 0 Å². The molecule has 10 heteroatoms. The average Bonchev–Trinajstić information content (AvgIpc) is 2.78. The lowest BCUT2D eigenvalue weighted by molar-refractivity contribution is 0.415. The van der Waals surface area contributed by atoms with Crippen molar-refractivity contribution in [2.24, 2.45) is 0 Å². The highest BCUT2D eigenvalue weighted by Crippen LogP contribution is 2.27. The molecule has 0 aliphatic rings. The smallest absolute Gasteiger partial charge is 0.189 e. The fraction of sp³-hybridized carbons (Fsp3) is 0.500. The van der Waals surface area contributed by atoms with Crippen molar-refractivity contribution in [2.75, 3.05) is 19.6 Å². The van der Waals surface area contributed by atoms with E-state index in [9.17, 15) is 16.8 Å². The SMILES string of the molecule is COc1ccc2c(c1)nnn2CC(C)(S(C)(=O)=O)S(C)(=O)=O. The van der Waals surface area contributed by atoms with E-state index in [0.717, 1.165) is 12.5 Å². The Labute approximate surface area is 128 Å². The first-order valence-electron chi connectivity index (χ1n) is 6.26. The van der Waals surface area contributed by atoms with Gasteiger partial charge in [0.05, 0.1) is 19.2 Å². The van der Waals surface area contributed by atoms with Crippen molar-refractivity contribution in [3.05, 3.63) is 18.2 Å². The quantitative estimate of drug-likeness (QED) is 0.762. The van der Waals surface area contributed by atoms with E-state index in [1.807, 2.05) is 0 Å². The van der Waals surface area contributed by atoms with E-state index in [1.54, 1.807) is 18.2 Å². The number of sulfone groups is 2. The molecule has 0 N–H and O–H groups in total. The Bertz CT molecular complexity index is 883. The van der Waals surface area contributed by atoms with Gasteiger partial charge in [0, 0.05) is 18.6 Å². The third kappa shape index (κ3) is 2.68. The van der Waals surface area contributed by atoms with Gasteiger partial charge in [-0.2, -0.15) is 0 Å². The van der Waals surface area contributed by atoms with Gasteiger partial charge < -0.3 is 4.74 Å². The monoisotopic (exact) mass is 347 g/mol. The van der Waals surface area contributed by atoms with E-state index < -0.39 is 23.8 Å². The summed E-state index contributed by atoms with van der Waals surface area (Å²) in [6.45, 7) is 0.836. The minimum absolute atomic E-state index is 0.340. The predicted octanol–water partition coefficient (Wildman–Crippen LogP) is 0.245. The molecule has 2 rings (SSSR count). The first-order chi connectivity index (χ1) is 9.99. The normalized spacial score (nSPS) is 13.5. The van der Waals surface area contributed by atoms with Crippen LogP contribution in [0.3, 0.4) is 0 Å². The molecule has 0 aliphatic heterocycles. The lowest BCUT2D eigenvalue weighted by Gasteiger charge is -2.25. The van der Waals surface area contributed by atoms with E-state index >= 15 is 0 Å². The van der Waals surface area contributed by atoms with Crippen LogP contribution in [0, 0.1) is 0 Å². The highest BCUT2D eigenvalue weighted by Gasteiger charge is 2.46. The highest BCUT2D eigenvalue weighted by atomic mass is 32.3. The summed E-state index contributed by atoms with van der Waals surface area (Å²) in [6.07, 6.45) is 1.80. The molecule has 8 nitrogen and oxygen atoms in total. The topological polar surface area (TPSA) is 108 Å². The molecule has 0 atom stereocenters. The first-order valence-corrected chi connectivity index (χ1v) is 10.0. The average molecular weight is 347 g/mol. The highest BCUT2D eigenvalue weighted by molar-refractivity contribution is 8.09. The third-order valence-electron chi connectivity index (χ3n) is 3.73. The van der Waals surface area contributed by atoms with Gasteiger partial charge in [-0.05, 0) is 19.1 Å². The molecule has 22 heavy (non-hydrogen) atoms. The number of benzene rings is 1. The zero-order valence-corrected chi connectivity index (χ0v) is 14.3. The molecule has 0 radical (unpaired) electrons. The van der Waals surface area contributed by atoms with Crippen molar-refractivity contribution >= 4 is 30.7 Å². The standard InChI is InChI=1S/C12H17N3O5S2/c1-12(21(3,16)17,22(4,18)19)8-15-11-6-5-9(20-2)7-10(11)13-14-15/h5-7H,8H2,1-4H3. The molecule has 122 valence electrons. The van der Waals surface area contributed by atoms with Crippen LogP contribution in [0.25, 0.3) is 11.0 Å². The van der Waals surface area contributed by atoms with Gasteiger partial charge in [0.1, 0.15) is 11.3 Å². The van der Waals surface area contributed by atoms with Crippen LogP contribution in [-0.2, 0) is 26.2 Å². The number of fused-ring (bicyclic) bond motifs is 1. The molecular weight excluding hydrogens is 330 g/mol. The Hall–Kier alpha value is -1.68. The summed E-state index contributed by atoms with van der Waals surface area (Å²) in [5.41, 5.74) is 1.02. The zero-order chi connectivity index (χ0) is 16.8. The van der Waals surface area contributed by atoms with Crippen molar-refractivity contribution < 1.29 is 21.6 Å². The van der Waals surface area contributed by atoms with E-state index in [-0.39, 0.29) is 6.54 Å². The fourth-order valence-corrected chi connectivity index (χ4v) is 4.89. The number of ether oxygens (including phenoxy) is 1. The van der Waals surface area contributed by atoms with Crippen LogP contribution in [0.5, 0.6) is 5.75 Å². The number of methoxy groups -OCH3 is 1. The van der Waals surface area contributed by atoms with Gasteiger partial charge in [-0.3, -0.25) is 0 Å². The Kier molecular flexibility index (Phi) is 3.94. The lowest BCUT2D eigenvalue weighted by Crippen LogP contribution is -2.46. The van der Waals surface area contributed by atoms with Crippen LogP contribution in [0.15, 0.2) is 18.2 Å². The molecular formula is C12H17N3O5S2. The minimum atomic E-state index is -3.88. The van der Waals surface area contributed by atoms with Gasteiger partial charge in [0.2, 0.25) is 0 Å². The second-order valence-corrected chi connectivity index (χ2v) is 10.4. The van der Waals surface area contributed by atoms with Crippen molar-refractivity contribution in [2.45, 2.75) is 17.5 Å². The number of hydrogen-bond donors (Lipinski definition) is 0. The summed E-state index contributed by atoms with van der Waals surface area (Å²) in [5, 5.41) is 7.78. The van der Waals surface area contributed by atoms with Gasteiger partial charge >= 0.3 is 0 Å². The molecule has 0 amide bonds. The van der Waals surface area contributed by atoms with Crippen LogP contribution in [0.2, 0.25) is 0 Å². The van der Waals surface area contributed by atoms with Crippen molar-refractivity contribution in [3.8, 4) is 5.75 Å². The van der Waals surface area contributed by atoms with Crippen LogP contribution >= 0.6 is 0 Å². The Morgan fingerprint density at radius 3 is 2.27 bits per heavy atom. The van der Waals surface area contributed by atoms with E-state index in [0.29, 0.717) is 16.8 Å². The molecule has 0 aliphatic carbocycles. The molecule has 0 saturated carbocycles. The summed E-state index contributed by atoms with van der Waals surface area (Å²) in [7, 11) is -6.25. The maximum atomic E-state index is 12.0. The van der Waals surface area contributed by atoms with Crippen molar-refractivity contribution in [1.82, 2.24) is 15.0 Å². The molecule has 2 aromatic rings. The maximum Gasteiger partial charge on any atom is 0.189 e. The minimum Gasteiger partial charge on any atom is -0.497 e. The van der Waals surface area contributed by atoms with Crippen LogP contribution < -0.4 is 4.74 Å². The molecule has 1 heterocycles. The Balaban J connectivity index is 2.58. The van der Waals surface area contributed by atoms with Gasteiger partial charge in [0.15, 0.2) is 23.8 Å². The molecule has 1 aromatic carbocycles. The summed E-state index contributed by atoms with van der Waals surface area (Å²) in [6, 6.07) is 4.95. The van der Waals surface area contributed by atoms with E-state index in [2.05, 4.69) is 10.3 Å². The Morgan fingerprint density at radius 2 is 1.77 bits per heavy atom. The van der Waals surface area contributed by atoms with Gasteiger partial charge in [-0.15, -0.1) is 5.10 Å². The molecule has 0 spiro atoms. The Morgan fingerprint density at radius 1 is 1.18 bits per heavy atom. The zero-order valence-electron chi connectivity index (χ0n) is 12.6. The van der Waals surface area contributed by atoms with Crippen LogP contribution in [0.1, 0.15) is 6.92 Å². The summed E-state index contributed by atoms with van der Waals surface area (Å²) in [5.74, 6) is 0.577. The van der Waals surface area contributed by atoms with Crippen LogP contribution in [-0.4, -0.2) is 55.5 Å². The second-order valence-electron chi connectivity index (χ2n) is 5.28. The van der Waals surface area contributed by atoms with E-state index in [4.69, 9.17) is 4.74 Å². The van der Waals surface area contributed by atoms with Crippen molar-refractivity contribution in [3.63, 3.8) is 0 Å². The molecule has 0 unspecified atom stereocenters. The molecule has 0 fully saturated rings. The summed E-state index contributed by atoms with van der Waals surface area (Å²) in [4.78, 5) is 0. The fourth-order valence-electron chi connectivity index (χ4n) is 1.98.